The van der Waals surface area contributed by atoms with Gasteiger partial charge in [-0.2, -0.15) is 0 Å². The summed E-state index contributed by atoms with van der Waals surface area (Å²) >= 11 is 0. The summed E-state index contributed by atoms with van der Waals surface area (Å²) in [6.45, 7) is 3.16. The molecule has 1 aliphatic carbocycles. The maximum Gasteiger partial charge on any atom is 0.325 e. The van der Waals surface area contributed by atoms with Crippen LogP contribution in [-0.4, -0.2) is 43.5 Å². The molecular weight excluding hydrogens is 434 g/mol. The second-order valence-corrected chi connectivity index (χ2v) is 9.04. The Morgan fingerprint density at radius 2 is 1.76 bits per heavy atom. The van der Waals surface area contributed by atoms with Crippen LogP contribution in [0.25, 0.3) is 0 Å². The first-order valence-electron chi connectivity index (χ1n) is 11.5. The van der Waals surface area contributed by atoms with Gasteiger partial charge in [0.05, 0.1) is 20.3 Å². The van der Waals surface area contributed by atoms with Crippen molar-refractivity contribution in [2.75, 3.05) is 20.8 Å². The highest BCUT2D eigenvalue weighted by Crippen LogP contribution is 2.35. The number of urea groups is 1. The lowest BCUT2D eigenvalue weighted by atomic mass is 9.89. The molecule has 8 nitrogen and oxygen atoms in total. The predicted molar refractivity (Wildman–Crippen MR) is 127 cm³/mol. The first kappa shape index (κ1) is 23.6. The van der Waals surface area contributed by atoms with Gasteiger partial charge in [-0.05, 0) is 73.9 Å². The monoisotopic (exact) mass is 465 g/mol. The Morgan fingerprint density at radius 1 is 1.06 bits per heavy atom. The molecule has 180 valence electrons. The largest absolute Gasteiger partial charge is 0.493 e. The molecule has 2 aliphatic rings. The molecule has 0 saturated carbocycles. The Balaban J connectivity index is 1.45. The summed E-state index contributed by atoms with van der Waals surface area (Å²) in [6.07, 6.45) is 4.55. The number of hydrogen-bond acceptors (Lipinski definition) is 5. The zero-order chi connectivity index (χ0) is 24.5. The normalized spacial score (nSPS) is 20.4. The molecule has 0 aromatic heterocycles. The summed E-state index contributed by atoms with van der Waals surface area (Å²) in [5.41, 5.74) is 2.95. The number of carbonyl (C=O) groups excluding carboxylic acids is 3. The van der Waals surface area contributed by atoms with Crippen LogP contribution in [0.2, 0.25) is 0 Å². The second kappa shape index (κ2) is 9.37. The van der Waals surface area contributed by atoms with Gasteiger partial charge in [0.15, 0.2) is 11.5 Å². The lowest BCUT2D eigenvalue weighted by Crippen LogP contribution is -2.43. The average Bonchev–Trinajstić information content (AvgIpc) is 3.06. The van der Waals surface area contributed by atoms with Crippen molar-refractivity contribution in [2.45, 2.75) is 51.1 Å². The third-order valence-electron chi connectivity index (χ3n) is 6.79. The Bertz CT molecular complexity index is 1130. The highest BCUT2D eigenvalue weighted by atomic mass is 16.5. The number of nitrogens with one attached hydrogen (secondary N) is 2. The molecule has 8 heteroatoms. The molecule has 2 atom stereocenters. The van der Waals surface area contributed by atoms with Gasteiger partial charge in [-0.15, -0.1) is 0 Å². The molecule has 2 aromatic rings. The summed E-state index contributed by atoms with van der Waals surface area (Å²) in [5.74, 6) is 0.0592. The number of ether oxygens (including phenoxy) is 2. The van der Waals surface area contributed by atoms with Crippen molar-refractivity contribution < 1.29 is 23.9 Å². The van der Waals surface area contributed by atoms with Crippen LogP contribution in [0.4, 0.5) is 4.79 Å². The Morgan fingerprint density at radius 3 is 2.47 bits per heavy atom. The van der Waals surface area contributed by atoms with Gasteiger partial charge < -0.3 is 20.1 Å². The van der Waals surface area contributed by atoms with Crippen LogP contribution in [0.1, 0.15) is 55.0 Å². The van der Waals surface area contributed by atoms with Gasteiger partial charge in [0, 0.05) is 0 Å². The maximum atomic E-state index is 13.2. The average molecular weight is 466 g/mol. The molecule has 2 aromatic carbocycles. The van der Waals surface area contributed by atoms with E-state index < -0.39 is 23.4 Å². The number of methoxy groups -OCH3 is 2. The third-order valence-corrected chi connectivity index (χ3v) is 6.79. The number of benzene rings is 2. The number of aryl methyl sites for hydroxylation is 2. The standard InChI is InChI=1S/C26H31N3O5/c1-16(18-10-9-17-7-5-6-8-19(17)13-18)27-23(30)15-29-24(31)26(2,28-25(29)32)20-11-12-21(33-3)22(14-20)34-4/h9-14,16H,5-8,15H2,1-4H3,(H,27,30)(H,28,32). The Hall–Kier alpha value is -3.55. The van der Waals surface area contributed by atoms with E-state index in [4.69, 9.17) is 9.47 Å². The van der Waals surface area contributed by atoms with Crippen molar-refractivity contribution in [1.82, 2.24) is 15.5 Å². The van der Waals surface area contributed by atoms with E-state index in [0.29, 0.717) is 17.1 Å². The van der Waals surface area contributed by atoms with Crippen molar-refractivity contribution in [1.29, 1.82) is 0 Å². The van der Waals surface area contributed by atoms with Crippen LogP contribution in [0.5, 0.6) is 11.5 Å². The topological polar surface area (TPSA) is 97.0 Å². The number of amides is 4. The highest BCUT2D eigenvalue weighted by Gasteiger charge is 2.49. The molecular formula is C26H31N3O5. The van der Waals surface area contributed by atoms with Crippen molar-refractivity contribution >= 4 is 17.8 Å². The van der Waals surface area contributed by atoms with Crippen molar-refractivity contribution in [3.63, 3.8) is 0 Å². The number of rotatable bonds is 7. The molecule has 4 rings (SSSR count). The maximum absolute atomic E-state index is 13.2. The first-order chi connectivity index (χ1) is 16.3. The molecule has 1 fully saturated rings. The minimum absolute atomic E-state index is 0.238. The van der Waals surface area contributed by atoms with Crippen LogP contribution in [-0.2, 0) is 28.0 Å². The summed E-state index contributed by atoms with van der Waals surface area (Å²) in [4.78, 5) is 39.6. The van der Waals surface area contributed by atoms with E-state index in [1.165, 1.54) is 38.2 Å². The van der Waals surface area contributed by atoms with Crippen LogP contribution in [0, 0.1) is 0 Å². The van der Waals surface area contributed by atoms with E-state index in [1.54, 1.807) is 25.1 Å². The minimum atomic E-state index is -1.32. The predicted octanol–water partition coefficient (Wildman–Crippen LogP) is 3.23. The summed E-state index contributed by atoms with van der Waals surface area (Å²) in [7, 11) is 3.02. The number of fused-ring (bicyclic) bond motifs is 1. The smallest absolute Gasteiger partial charge is 0.325 e. The van der Waals surface area contributed by atoms with Crippen LogP contribution < -0.4 is 20.1 Å². The highest BCUT2D eigenvalue weighted by molar-refractivity contribution is 6.09. The van der Waals surface area contributed by atoms with Gasteiger partial charge >= 0.3 is 6.03 Å². The quantitative estimate of drug-likeness (QED) is 0.612. The zero-order valence-corrected chi connectivity index (χ0v) is 20.1. The van der Waals surface area contributed by atoms with Gasteiger partial charge in [0.25, 0.3) is 5.91 Å². The lowest BCUT2D eigenvalue weighted by Gasteiger charge is -2.23. The van der Waals surface area contributed by atoms with Crippen LogP contribution in [0.3, 0.4) is 0 Å². The summed E-state index contributed by atoms with van der Waals surface area (Å²) < 4.78 is 10.6. The van der Waals surface area contributed by atoms with E-state index >= 15 is 0 Å². The van der Waals surface area contributed by atoms with Gasteiger partial charge in [0.2, 0.25) is 5.91 Å². The number of nitrogens with zero attached hydrogens (tertiary/aromatic N) is 1. The fourth-order valence-electron chi connectivity index (χ4n) is 4.72. The third kappa shape index (κ3) is 4.32. The molecule has 0 spiro atoms. The van der Waals surface area contributed by atoms with Crippen LogP contribution >= 0.6 is 0 Å². The second-order valence-electron chi connectivity index (χ2n) is 9.04. The van der Waals surface area contributed by atoms with Gasteiger partial charge in [-0.3, -0.25) is 14.5 Å². The lowest BCUT2D eigenvalue weighted by molar-refractivity contribution is -0.135. The number of hydrogen-bond donors (Lipinski definition) is 2. The summed E-state index contributed by atoms with van der Waals surface area (Å²) in [5, 5.41) is 5.64. The van der Waals surface area contributed by atoms with Crippen molar-refractivity contribution in [2.24, 2.45) is 0 Å². The molecule has 1 aliphatic heterocycles. The van der Waals surface area contributed by atoms with Crippen molar-refractivity contribution in [3.8, 4) is 11.5 Å². The SMILES string of the molecule is COc1ccc(C2(C)NC(=O)N(CC(=O)NC(C)c3ccc4c(c3)CCCC4)C2=O)cc1OC. The van der Waals surface area contributed by atoms with Gasteiger partial charge in [-0.25, -0.2) is 4.79 Å². The van der Waals surface area contributed by atoms with E-state index in [0.717, 1.165) is 23.3 Å². The first-order valence-corrected chi connectivity index (χ1v) is 11.5. The molecule has 0 radical (unpaired) electrons. The van der Waals surface area contributed by atoms with Crippen molar-refractivity contribution in [3.05, 3.63) is 58.7 Å². The molecule has 1 saturated heterocycles. The molecule has 2 unspecified atom stereocenters. The molecule has 34 heavy (non-hydrogen) atoms. The molecule has 4 amide bonds. The molecule has 1 heterocycles. The summed E-state index contributed by atoms with van der Waals surface area (Å²) in [6, 6.07) is 10.5. The van der Waals surface area contributed by atoms with E-state index in [1.807, 2.05) is 13.0 Å². The number of carbonyl (C=O) groups is 3. The molecule has 0 bridgehead atoms. The zero-order valence-electron chi connectivity index (χ0n) is 20.1. The number of imide groups is 1. The fourth-order valence-corrected chi connectivity index (χ4v) is 4.72. The Kier molecular flexibility index (Phi) is 6.50. The van der Waals surface area contributed by atoms with Crippen LogP contribution in [0.15, 0.2) is 36.4 Å². The minimum Gasteiger partial charge on any atom is -0.493 e. The van der Waals surface area contributed by atoms with E-state index in [2.05, 4.69) is 22.8 Å². The van der Waals surface area contributed by atoms with E-state index in [-0.39, 0.29) is 12.6 Å². The molecule has 2 N–H and O–H groups in total. The van der Waals surface area contributed by atoms with Gasteiger partial charge in [-0.1, -0.05) is 24.3 Å². The fraction of sp³-hybridized carbons (Fsp3) is 0.423. The Labute approximate surface area is 199 Å². The van der Waals surface area contributed by atoms with Gasteiger partial charge in [0.1, 0.15) is 12.1 Å². The van der Waals surface area contributed by atoms with E-state index in [9.17, 15) is 14.4 Å².